The highest BCUT2D eigenvalue weighted by molar-refractivity contribution is 5.90. The Hall–Kier alpha value is -3.07. The first kappa shape index (κ1) is 24.2. The average Bonchev–Trinajstić information content (AvgIpc) is 2.75. The van der Waals surface area contributed by atoms with E-state index in [1.54, 1.807) is 25.4 Å². The molecule has 0 bridgehead atoms. The van der Waals surface area contributed by atoms with Crippen LogP contribution in [-0.4, -0.2) is 35.9 Å². The summed E-state index contributed by atoms with van der Waals surface area (Å²) in [4.78, 5) is 29.6. The Morgan fingerprint density at radius 1 is 1.10 bits per heavy atom. The molecule has 1 unspecified atom stereocenters. The summed E-state index contributed by atoms with van der Waals surface area (Å²) in [5, 5.41) is 8.46. The molecule has 2 rings (SSSR count). The average molecular weight is 434 g/mol. The lowest BCUT2D eigenvalue weighted by molar-refractivity contribution is -0.130. The van der Waals surface area contributed by atoms with Crippen molar-refractivity contribution in [2.45, 2.75) is 45.3 Å². The van der Waals surface area contributed by atoms with E-state index >= 15 is 0 Å². The number of pyridine rings is 1. The van der Waals surface area contributed by atoms with Gasteiger partial charge < -0.3 is 21.7 Å². The van der Waals surface area contributed by atoms with Gasteiger partial charge in [0.2, 0.25) is 11.8 Å². The van der Waals surface area contributed by atoms with Crippen molar-refractivity contribution in [2.24, 2.45) is 5.92 Å². The first-order valence-electron chi connectivity index (χ1n) is 10.1. The molecule has 0 aliphatic heterocycles. The summed E-state index contributed by atoms with van der Waals surface area (Å²) in [5.41, 5.74) is 6.68. The molecule has 0 aliphatic carbocycles. The molecule has 0 aliphatic rings. The molecule has 1 heterocycles. The van der Waals surface area contributed by atoms with E-state index in [-0.39, 0.29) is 24.8 Å². The van der Waals surface area contributed by atoms with E-state index in [2.05, 4.69) is 20.9 Å². The van der Waals surface area contributed by atoms with Gasteiger partial charge in [0.25, 0.3) is 0 Å². The number of hydrogen-bond donors (Lipinski definition) is 4. The molecule has 168 valence electrons. The molecular weight excluding hydrogens is 404 g/mol. The van der Waals surface area contributed by atoms with E-state index in [9.17, 15) is 18.4 Å². The Kier molecular flexibility index (Phi) is 8.87. The van der Waals surface area contributed by atoms with Crippen molar-refractivity contribution in [3.05, 3.63) is 59.3 Å². The summed E-state index contributed by atoms with van der Waals surface area (Å²) in [6, 6.07) is 5.29. The first-order chi connectivity index (χ1) is 14.7. The van der Waals surface area contributed by atoms with Crippen LogP contribution in [0.15, 0.2) is 36.5 Å². The normalized spacial score (nSPS) is 13.8. The number of halogens is 2. The maximum Gasteiger partial charge on any atom is 0.243 e. The molecular formula is C22H29F2N5O2. The lowest BCUT2D eigenvalue weighted by Gasteiger charge is -2.25. The quantitative estimate of drug-likeness (QED) is 0.458. The third kappa shape index (κ3) is 6.99. The number of nitrogen functional groups attached to an aromatic ring is 1. The van der Waals surface area contributed by atoms with Gasteiger partial charge in [-0.05, 0) is 42.3 Å². The van der Waals surface area contributed by atoms with Gasteiger partial charge in [-0.1, -0.05) is 32.4 Å². The molecule has 0 spiro atoms. The fourth-order valence-electron chi connectivity index (χ4n) is 3.14. The summed E-state index contributed by atoms with van der Waals surface area (Å²) in [6.07, 6.45) is 2.31. The highest BCUT2D eigenvalue weighted by Crippen LogP contribution is 2.13. The zero-order chi connectivity index (χ0) is 23.0. The Morgan fingerprint density at radius 2 is 1.81 bits per heavy atom. The predicted molar refractivity (Wildman–Crippen MR) is 115 cm³/mol. The van der Waals surface area contributed by atoms with Gasteiger partial charge in [0.05, 0.1) is 6.04 Å². The number of carbonyl (C=O) groups is 2. The number of rotatable bonds is 10. The first-order valence-corrected chi connectivity index (χ1v) is 10.1. The van der Waals surface area contributed by atoms with Crippen LogP contribution in [0.3, 0.4) is 0 Å². The van der Waals surface area contributed by atoms with Gasteiger partial charge in [0, 0.05) is 19.2 Å². The lowest BCUT2D eigenvalue weighted by atomic mass is 9.97. The molecule has 2 amide bonds. The zero-order valence-corrected chi connectivity index (χ0v) is 17.9. The molecule has 3 atom stereocenters. The van der Waals surface area contributed by atoms with E-state index in [0.29, 0.717) is 11.4 Å². The third-order valence-electron chi connectivity index (χ3n) is 5.18. The summed E-state index contributed by atoms with van der Waals surface area (Å²) < 4.78 is 26.9. The van der Waals surface area contributed by atoms with Crippen molar-refractivity contribution in [1.29, 1.82) is 0 Å². The van der Waals surface area contributed by atoms with Gasteiger partial charge in [-0.3, -0.25) is 9.59 Å². The number of likely N-dealkylation sites (N-methyl/N-ethyl adjacent to an activating group) is 1. The lowest BCUT2D eigenvalue weighted by Crippen LogP contribution is -2.54. The van der Waals surface area contributed by atoms with Crippen LogP contribution in [0.1, 0.15) is 31.4 Å². The molecule has 0 saturated carbocycles. The van der Waals surface area contributed by atoms with E-state index in [4.69, 9.17) is 5.73 Å². The summed E-state index contributed by atoms with van der Waals surface area (Å²) >= 11 is 0. The SMILES string of the molecule is CCC(C)[C@@H](NC)C(=O)N[C@@H](Cc1ccc(F)c(F)c1)C(=O)NCc1ccc(N)nc1. The van der Waals surface area contributed by atoms with Crippen LogP contribution >= 0.6 is 0 Å². The van der Waals surface area contributed by atoms with Crippen molar-refractivity contribution in [2.75, 3.05) is 12.8 Å². The Balaban J connectivity index is 2.16. The second-order valence-electron chi connectivity index (χ2n) is 7.47. The standard InChI is InChI=1S/C22H29F2N5O2/c1-4-13(2)20(26-3)22(31)29-18(10-14-5-7-16(23)17(24)9-14)21(30)28-12-15-6-8-19(25)27-11-15/h5-9,11,13,18,20,26H,4,10,12H2,1-3H3,(H2,25,27)(H,28,30)(H,29,31)/t13?,18-,20+/m0/s1. The molecule has 5 N–H and O–H groups in total. The minimum Gasteiger partial charge on any atom is -0.384 e. The largest absolute Gasteiger partial charge is 0.384 e. The fourth-order valence-corrected chi connectivity index (χ4v) is 3.14. The van der Waals surface area contributed by atoms with Crippen molar-refractivity contribution in [1.82, 2.24) is 20.9 Å². The smallest absolute Gasteiger partial charge is 0.243 e. The highest BCUT2D eigenvalue weighted by atomic mass is 19.2. The van der Waals surface area contributed by atoms with Crippen molar-refractivity contribution >= 4 is 17.6 Å². The monoisotopic (exact) mass is 433 g/mol. The van der Waals surface area contributed by atoms with Crippen LogP contribution in [0.25, 0.3) is 0 Å². The molecule has 31 heavy (non-hydrogen) atoms. The molecule has 0 saturated heterocycles. The second-order valence-corrected chi connectivity index (χ2v) is 7.47. The van der Waals surface area contributed by atoms with Gasteiger partial charge in [0.15, 0.2) is 11.6 Å². The summed E-state index contributed by atoms with van der Waals surface area (Å²) in [7, 11) is 1.68. The van der Waals surface area contributed by atoms with Crippen LogP contribution < -0.4 is 21.7 Å². The van der Waals surface area contributed by atoms with Gasteiger partial charge in [-0.2, -0.15) is 0 Å². The van der Waals surface area contributed by atoms with Crippen LogP contribution in [0, 0.1) is 17.6 Å². The van der Waals surface area contributed by atoms with E-state index in [0.717, 1.165) is 24.1 Å². The number of hydrogen-bond acceptors (Lipinski definition) is 5. The number of carbonyl (C=O) groups excluding carboxylic acids is 2. The minimum absolute atomic E-state index is 0.00566. The molecule has 0 fully saturated rings. The van der Waals surface area contributed by atoms with Crippen LogP contribution in [0.5, 0.6) is 0 Å². The molecule has 1 aromatic heterocycles. The number of nitrogens with zero attached hydrogens (tertiary/aromatic N) is 1. The zero-order valence-electron chi connectivity index (χ0n) is 17.9. The summed E-state index contributed by atoms with van der Waals surface area (Å²) in [5.74, 6) is -2.37. The van der Waals surface area contributed by atoms with Gasteiger partial charge in [0.1, 0.15) is 11.9 Å². The molecule has 2 aromatic rings. The molecule has 1 aromatic carbocycles. The number of aromatic nitrogens is 1. The fraction of sp³-hybridized carbons (Fsp3) is 0.409. The van der Waals surface area contributed by atoms with E-state index in [1.165, 1.54) is 6.07 Å². The Morgan fingerprint density at radius 3 is 2.39 bits per heavy atom. The van der Waals surface area contributed by atoms with Crippen molar-refractivity contribution in [3.8, 4) is 0 Å². The minimum atomic E-state index is -1.01. The van der Waals surface area contributed by atoms with Gasteiger partial charge in [-0.15, -0.1) is 0 Å². The maximum atomic E-state index is 13.6. The van der Waals surface area contributed by atoms with Crippen molar-refractivity contribution < 1.29 is 18.4 Å². The Bertz CT molecular complexity index is 892. The van der Waals surface area contributed by atoms with Gasteiger partial charge >= 0.3 is 0 Å². The number of amides is 2. The molecule has 9 heteroatoms. The molecule has 0 radical (unpaired) electrons. The van der Waals surface area contributed by atoms with Crippen LogP contribution in [0.4, 0.5) is 14.6 Å². The van der Waals surface area contributed by atoms with Crippen LogP contribution in [-0.2, 0) is 22.6 Å². The maximum absolute atomic E-state index is 13.6. The number of nitrogens with two attached hydrogens (primary N) is 1. The van der Waals surface area contributed by atoms with E-state index in [1.807, 2.05) is 13.8 Å². The number of benzene rings is 1. The van der Waals surface area contributed by atoms with E-state index < -0.39 is 29.6 Å². The highest BCUT2D eigenvalue weighted by Gasteiger charge is 2.28. The van der Waals surface area contributed by atoms with Crippen LogP contribution in [0.2, 0.25) is 0 Å². The van der Waals surface area contributed by atoms with Gasteiger partial charge in [-0.25, -0.2) is 13.8 Å². The number of anilines is 1. The topological polar surface area (TPSA) is 109 Å². The molecule has 7 nitrogen and oxygen atoms in total. The third-order valence-corrected chi connectivity index (χ3v) is 5.18. The predicted octanol–water partition coefficient (Wildman–Crippen LogP) is 1.92. The number of nitrogens with one attached hydrogen (secondary N) is 3. The second kappa shape index (κ2) is 11.4. The van der Waals surface area contributed by atoms with Crippen molar-refractivity contribution in [3.63, 3.8) is 0 Å². The summed E-state index contributed by atoms with van der Waals surface area (Å²) in [6.45, 7) is 4.07. The Labute approximate surface area is 180 Å².